The van der Waals surface area contributed by atoms with Crippen LogP contribution in [0, 0.1) is 0 Å². The molecule has 0 saturated carbocycles. The molecule has 0 unspecified atom stereocenters. The van der Waals surface area contributed by atoms with Crippen molar-refractivity contribution in [3.8, 4) is 5.75 Å². The van der Waals surface area contributed by atoms with Crippen LogP contribution < -0.4 is 4.74 Å². The standard InChI is InChI=1S/C16H20F3N3O2/c1-21(10-15-20-7-8-22(15)2)9-12(23)11-24-14-6-4-3-5-13(14)16(17,18)19/h3-8,12,23H,9-11H2,1-2H3/t12-/m0/s1. The van der Waals surface area contributed by atoms with Crippen LogP contribution in [0.4, 0.5) is 13.2 Å². The molecule has 8 heteroatoms. The quantitative estimate of drug-likeness (QED) is 0.838. The minimum atomic E-state index is -4.49. The minimum absolute atomic E-state index is 0.224. The summed E-state index contributed by atoms with van der Waals surface area (Å²) in [6.07, 6.45) is -1.92. The fourth-order valence-electron chi connectivity index (χ4n) is 2.28. The number of rotatable bonds is 7. The van der Waals surface area contributed by atoms with E-state index in [0.29, 0.717) is 6.54 Å². The van der Waals surface area contributed by atoms with E-state index in [1.54, 1.807) is 13.2 Å². The van der Waals surface area contributed by atoms with E-state index in [2.05, 4.69) is 4.98 Å². The molecule has 5 nitrogen and oxygen atoms in total. The number of aliphatic hydroxyl groups excluding tert-OH is 1. The molecule has 0 radical (unpaired) electrons. The van der Waals surface area contributed by atoms with Gasteiger partial charge >= 0.3 is 6.18 Å². The number of halogens is 3. The number of hydrogen-bond acceptors (Lipinski definition) is 4. The molecule has 1 aromatic heterocycles. The van der Waals surface area contributed by atoms with Gasteiger partial charge in [-0.05, 0) is 19.2 Å². The van der Waals surface area contributed by atoms with Crippen molar-refractivity contribution in [2.45, 2.75) is 18.8 Å². The third-order valence-corrected chi connectivity index (χ3v) is 3.48. The summed E-state index contributed by atoms with van der Waals surface area (Å²) in [7, 11) is 3.66. The molecule has 0 aliphatic heterocycles. The first-order valence-electron chi connectivity index (χ1n) is 7.39. The van der Waals surface area contributed by atoms with E-state index in [0.717, 1.165) is 11.9 Å². The van der Waals surface area contributed by atoms with E-state index in [9.17, 15) is 18.3 Å². The van der Waals surface area contributed by atoms with Crippen molar-refractivity contribution in [2.24, 2.45) is 7.05 Å². The first-order chi connectivity index (χ1) is 11.3. The van der Waals surface area contributed by atoms with Gasteiger partial charge in [-0.25, -0.2) is 4.98 Å². The van der Waals surface area contributed by atoms with E-state index in [4.69, 9.17) is 4.74 Å². The summed E-state index contributed by atoms with van der Waals surface area (Å²) < 4.78 is 45.6. The number of aliphatic hydroxyl groups is 1. The lowest BCUT2D eigenvalue weighted by Crippen LogP contribution is -2.33. The lowest BCUT2D eigenvalue weighted by Gasteiger charge is -2.21. The summed E-state index contributed by atoms with van der Waals surface area (Å²) in [5, 5.41) is 10.00. The third-order valence-electron chi connectivity index (χ3n) is 3.48. The number of ether oxygens (including phenoxy) is 1. The summed E-state index contributed by atoms with van der Waals surface area (Å²) in [6.45, 7) is 0.540. The van der Waals surface area contributed by atoms with Crippen LogP contribution in [0.15, 0.2) is 36.7 Å². The fraction of sp³-hybridized carbons (Fsp3) is 0.438. The van der Waals surface area contributed by atoms with Crippen LogP contribution >= 0.6 is 0 Å². The van der Waals surface area contributed by atoms with Crippen molar-refractivity contribution < 1.29 is 23.0 Å². The van der Waals surface area contributed by atoms with Crippen molar-refractivity contribution in [3.05, 3.63) is 48.0 Å². The molecule has 0 fully saturated rings. The zero-order valence-electron chi connectivity index (χ0n) is 13.5. The van der Waals surface area contributed by atoms with E-state index in [1.165, 1.54) is 18.2 Å². The highest BCUT2D eigenvalue weighted by molar-refractivity contribution is 5.35. The number of benzene rings is 1. The molecule has 1 heterocycles. The van der Waals surface area contributed by atoms with E-state index in [1.807, 2.05) is 22.7 Å². The van der Waals surface area contributed by atoms with E-state index in [-0.39, 0.29) is 18.9 Å². The molecule has 0 aliphatic rings. The number of alkyl halides is 3. The summed E-state index contributed by atoms with van der Waals surface area (Å²) in [5.41, 5.74) is -0.849. The van der Waals surface area contributed by atoms with Crippen molar-refractivity contribution in [1.29, 1.82) is 0 Å². The molecule has 0 amide bonds. The second-order valence-electron chi connectivity index (χ2n) is 5.61. The Bertz CT molecular complexity index is 658. The van der Waals surface area contributed by atoms with Gasteiger partial charge in [-0.1, -0.05) is 12.1 Å². The van der Waals surface area contributed by atoms with E-state index < -0.39 is 17.8 Å². The van der Waals surface area contributed by atoms with Gasteiger partial charge in [0.2, 0.25) is 0 Å². The molecule has 1 atom stereocenters. The molecule has 2 aromatic rings. The predicted octanol–water partition coefficient (Wildman–Crippen LogP) is 2.31. The molecule has 24 heavy (non-hydrogen) atoms. The lowest BCUT2D eigenvalue weighted by molar-refractivity contribution is -0.139. The SMILES string of the molecule is CN(Cc1nccn1C)C[C@H](O)COc1ccccc1C(F)(F)F. The highest BCUT2D eigenvalue weighted by Crippen LogP contribution is 2.35. The molecule has 0 spiro atoms. The van der Waals surface area contributed by atoms with Crippen molar-refractivity contribution >= 4 is 0 Å². The molecule has 0 bridgehead atoms. The van der Waals surface area contributed by atoms with Crippen LogP contribution in [-0.4, -0.2) is 45.9 Å². The fourth-order valence-corrected chi connectivity index (χ4v) is 2.28. The maximum atomic E-state index is 12.9. The van der Waals surface area contributed by atoms with Gasteiger partial charge in [0, 0.05) is 26.0 Å². The molecular formula is C16H20F3N3O2. The van der Waals surface area contributed by atoms with Crippen molar-refractivity contribution in [3.63, 3.8) is 0 Å². The number of para-hydroxylation sites is 1. The molecular weight excluding hydrogens is 323 g/mol. The molecule has 1 aromatic carbocycles. The topological polar surface area (TPSA) is 50.5 Å². The number of aryl methyl sites for hydroxylation is 1. The first kappa shape index (κ1) is 18.3. The predicted molar refractivity (Wildman–Crippen MR) is 82.5 cm³/mol. The van der Waals surface area contributed by atoms with Crippen LogP contribution in [0.2, 0.25) is 0 Å². The number of hydrogen-bond donors (Lipinski definition) is 1. The van der Waals surface area contributed by atoms with Gasteiger partial charge in [0.05, 0.1) is 12.1 Å². The number of aromatic nitrogens is 2. The third kappa shape index (κ3) is 4.97. The van der Waals surface area contributed by atoms with Gasteiger partial charge in [0.15, 0.2) is 0 Å². The Morgan fingerprint density at radius 3 is 2.67 bits per heavy atom. The van der Waals surface area contributed by atoms with Crippen LogP contribution in [0.3, 0.4) is 0 Å². The van der Waals surface area contributed by atoms with Crippen molar-refractivity contribution in [1.82, 2.24) is 14.5 Å². The summed E-state index contributed by atoms with van der Waals surface area (Å²) in [6, 6.07) is 4.96. The normalized spacial score (nSPS) is 13.3. The Balaban J connectivity index is 1.87. The number of likely N-dealkylation sites (N-methyl/N-ethyl adjacent to an activating group) is 1. The second kappa shape index (κ2) is 7.67. The molecule has 2 rings (SSSR count). The molecule has 132 valence electrons. The lowest BCUT2D eigenvalue weighted by atomic mass is 10.2. The largest absolute Gasteiger partial charge is 0.490 e. The van der Waals surface area contributed by atoms with Gasteiger partial charge in [0.25, 0.3) is 0 Å². The molecule has 0 aliphatic carbocycles. The zero-order chi connectivity index (χ0) is 17.7. The average molecular weight is 343 g/mol. The Morgan fingerprint density at radius 2 is 2.04 bits per heavy atom. The number of nitrogens with zero attached hydrogens (tertiary/aromatic N) is 3. The summed E-state index contributed by atoms with van der Waals surface area (Å²) >= 11 is 0. The summed E-state index contributed by atoms with van der Waals surface area (Å²) in [5.74, 6) is 0.545. The van der Waals surface area contributed by atoms with Gasteiger partial charge in [-0.3, -0.25) is 4.90 Å². The zero-order valence-corrected chi connectivity index (χ0v) is 13.5. The maximum absolute atomic E-state index is 12.9. The van der Waals surface area contributed by atoms with E-state index >= 15 is 0 Å². The molecule has 0 saturated heterocycles. The summed E-state index contributed by atoms with van der Waals surface area (Å²) in [4.78, 5) is 6.00. The van der Waals surface area contributed by atoms with Crippen LogP contribution in [0.5, 0.6) is 5.75 Å². The average Bonchev–Trinajstić information content (AvgIpc) is 2.89. The second-order valence-corrected chi connectivity index (χ2v) is 5.61. The number of imidazole rings is 1. The Labute approximate surface area is 138 Å². The Hall–Kier alpha value is -2.06. The highest BCUT2D eigenvalue weighted by Gasteiger charge is 2.34. The van der Waals surface area contributed by atoms with Gasteiger partial charge < -0.3 is 14.4 Å². The minimum Gasteiger partial charge on any atom is -0.490 e. The van der Waals surface area contributed by atoms with Gasteiger partial charge in [0.1, 0.15) is 24.3 Å². The van der Waals surface area contributed by atoms with Crippen LogP contribution in [-0.2, 0) is 19.8 Å². The smallest absolute Gasteiger partial charge is 0.419 e. The van der Waals surface area contributed by atoms with Crippen LogP contribution in [0.25, 0.3) is 0 Å². The monoisotopic (exact) mass is 343 g/mol. The Morgan fingerprint density at radius 1 is 1.33 bits per heavy atom. The highest BCUT2D eigenvalue weighted by atomic mass is 19.4. The van der Waals surface area contributed by atoms with Crippen LogP contribution in [0.1, 0.15) is 11.4 Å². The van der Waals surface area contributed by atoms with Gasteiger partial charge in [-0.2, -0.15) is 13.2 Å². The Kier molecular flexibility index (Phi) is 5.84. The first-order valence-corrected chi connectivity index (χ1v) is 7.39. The van der Waals surface area contributed by atoms with Gasteiger partial charge in [-0.15, -0.1) is 0 Å². The van der Waals surface area contributed by atoms with Crippen molar-refractivity contribution in [2.75, 3.05) is 20.2 Å². The maximum Gasteiger partial charge on any atom is 0.419 e. The molecule has 1 N–H and O–H groups in total.